The van der Waals surface area contributed by atoms with E-state index >= 15 is 0 Å². The van der Waals surface area contributed by atoms with Crippen LogP contribution in [0.4, 0.5) is 0 Å². The van der Waals surface area contributed by atoms with E-state index in [2.05, 4.69) is 34.2 Å². The Morgan fingerprint density at radius 2 is 2.21 bits per heavy atom. The van der Waals surface area contributed by atoms with Crippen LogP contribution < -0.4 is 5.32 Å². The maximum absolute atomic E-state index is 12.3. The van der Waals surface area contributed by atoms with Crippen molar-refractivity contribution < 1.29 is 4.79 Å². The first kappa shape index (κ1) is 14.3. The van der Waals surface area contributed by atoms with Crippen molar-refractivity contribution in [3.63, 3.8) is 0 Å². The fourth-order valence-corrected chi connectivity index (χ4v) is 3.20. The van der Waals surface area contributed by atoms with Gasteiger partial charge in [0.25, 0.3) is 5.91 Å². The molecular weight excluding hydrogens is 322 g/mol. The predicted octanol–water partition coefficient (Wildman–Crippen LogP) is 4.70. The molecular formula is C15H16BrNOS. The Balaban J connectivity index is 2.18. The molecule has 0 bridgehead atoms. The van der Waals surface area contributed by atoms with Crippen molar-refractivity contribution in [3.8, 4) is 0 Å². The topological polar surface area (TPSA) is 29.1 Å². The van der Waals surface area contributed by atoms with E-state index in [0.29, 0.717) is 5.56 Å². The average Bonchev–Trinajstić information content (AvgIpc) is 2.92. The second-order valence-electron chi connectivity index (χ2n) is 4.43. The van der Waals surface area contributed by atoms with Gasteiger partial charge in [0.1, 0.15) is 0 Å². The Hall–Kier alpha value is -1.13. The summed E-state index contributed by atoms with van der Waals surface area (Å²) < 4.78 is 0.830. The molecule has 19 heavy (non-hydrogen) atoms. The smallest absolute Gasteiger partial charge is 0.252 e. The van der Waals surface area contributed by atoms with E-state index in [4.69, 9.17) is 0 Å². The number of hydrogen-bond donors (Lipinski definition) is 1. The molecule has 2 rings (SSSR count). The van der Waals surface area contributed by atoms with E-state index in [0.717, 1.165) is 16.5 Å². The van der Waals surface area contributed by atoms with Gasteiger partial charge in [-0.3, -0.25) is 4.79 Å². The number of nitrogens with one attached hydrogen (secondary N) is 1. The van der Waals surface area contributed by atoms with Crippen LogP contribution in [-0.2, 0) is 0 Å². The van der Waals surface area contributed by atoms with Crippen LogP contribution in [0.25, 0.3) is 0 Å². The van der Waals surface area contributed by atoms with E-state index in [1.54, 1.807) is 11.3 Å². The molecule has 2 aromatic rings. The van der Waals surface area contributed by atoms with Gasteiger partial charge in [-0.25, -0.2) is 0 Å². The van der Waals surface area contributed by atoms with Gasteiger partial charge in [-0.2, -0.15) is 0 Å². The maximum atomic E-state index is 12.3. The third kappa shape index (κ3) is 3.45. The molecule has 100 valence electrons. The Morgan fingerprint density at radius 3 is 2.84 bits per heavy atom. The van der Waals surface area contributed by atoms with Gasteiger partial charge in [0.05, 0.1) is 11.6 Å². The van der Waals surface area contributed by atoms with E-state index in [1.807, 2.05) is 36.6 Å². The SMILES string of the molecule is CCC(NC(=O)c1cc(C)ccc1Br)c1cccs1. The number of benzene rings is 1. The van der Waals surface area contributed by atoms with E-state index in [1.165, 1.54) is 4.88 Å². The molecule has 1 aromatic heterocycles. The van der Waals surface area contributed by atoms with Gasteiger partial charge in [-0.15, -0.1) is 11.3 Å². The number of halogens is 1. The summed E-state index contributed by atoms with van der Waals surface area (Å²) in [6.45, 7) is 4.07. The number of amides is 1. The lowest BCUT2D eigenvalue weighted by Crippen LogP contribution is -2.28. The van der Waals surface area contributed by atoms with Gasteiger partial charge in [-0.1, -0.05) is 24.6 Å². The van der Waals surface area contributed by atoms with Crippen molar-refractivity contribution in [2.75, 3.05) is 0 Å². The highest BCUT2D eigenvalue weighted by atomic mass is 79.9. The van der Waals surface area contributed by atoms with E-state index in [9.17, 15) is 4.79 Å². The van der Waals surface area contributed by atoms with Gasteiger partial charge >= 0.3 is 0 Å². The minimum Gasteiger partial charge on any atom is -0.344 e. The van der Waals surface area contributed by atoms with Crippen molar-refractivity contribution >= 4 is 33.2 Å². The van der Waals surface area contributed by atoms with Gasteiger partial charge in [-0.05, 0) is 52.9 Å². The first-order valence-corrected chi connectivity index (χ1v) is 7.89. The molecule has 0 saturated heterocycles. The fourth-order valence-electron chi connectivity index (χ4n) is 1.91. The minimum absolute atomic E-state index is 0.0316. The Labute approximate surface area is 126 Å². The van der Waals surface area contributed by atoms with Gasteiger partial charge < -0.3 is 5.32 Å². The van der Waals surface area contributed by atoms with Crippen molar-refractivity contribution in [3.05, 3.63) is 56.2 Å². The zero-order valence-corrected chi connectivity index (χ0v) is 13.3. The summed E-state index contributed by atoms with van der Waals surface area (Å²) in [5.41, 5.74) is 1.77. The van der Waals surface area contributed by atoms with E-state index < -0.39 is 0 Å². The third-order valence-electron chi connectivity index (χ3n) is 2.97. The lowest BCUT2D eigenvalue weighted by atomic mass is 10.1. The first-order chi connectivity index (χ1) is 9.11. The molecule has 0 spiro atoms. The summed E-state index contributed by atoms with van der Waals surface area (Å²) in [4.78, 5) is 13.5. The average molecular weight is 338 g/mol. The molecule has 1 unspecified atom stereocenters. The number of rotatable bonds is 4. The zero-order chi connectivity index (χ0) is 13.8. The summed E-state index contributed by atoms with van der Waals surface area (Å²) in [6, 6.07) is 9.95. The van der Waals surface area contributed by atoms with Crippen LogP contribution in [0.3, 0.4) is 0 Å². The number of carbonyl (C=O) groups excluding carboxylic acids is 1. The molecule has 2 nitrogen and oxygen atoms in total. The molecule has 0 aliphatic carbocycles. The molecule has 0 aliphatic rings. The van der Waals surface area contributed by atoms with Crippen molar-refractivity contribution in [2.45, 2.75) is 26.3 Å². The lowest BCUT2D eigenvalue weighted by molar-refractivity contribution is 0.0935. The Kier molecular flexibility index (Phi) is 4.77. The maximum Gasteiger partial charge on any atom is 0.252 e. The molecule has 0 fully saturated rings. The van der Waals surface area contributed by atoms with Crippen molar-refractivity contribution in [2.24, 2.45) is 0 Å². The normalized spacial score (nSPS) is 12.2. The summed E-state index contributed by atoms with van der Waals surface area (Å²) in [6.07, 6.45) is 0.885. The predicted molar refractivity (Wildman–Crippen MR) is 83.7 cm³/mol. The summed E-state index contributed by atoms with van der Waals surface area (Å²) in [5.74, 6) is -0.0316. The summed E-state index contributed by atoms with van der Waals surface area (Å²) in [5, 5.41) is 5.13. The number of thiophene rings is 1. The molecule has 0 radical (unpaired) electrons. The highest BCUT2D eigenvalue weighted by Gasteiger charge is 2.16. The third-order valence-corrected chi connectivity index (χ3v) is 4.64. The number of aryl methyl sites for hydroxylation is 1. The Bertz CT molecular complexity index is 566. The summed E-state index contributed by atoms with van der Waals surface area (Å²) in [7, 11) is 0. The van der Waals surface area contributed by atoms with Crippen LogP contribution >= 0.6 is 27.3 Å². The van der Waals surface area contributed by atoms with Crippen LogP contribution in [0.1, 0.15) is 40.2 Å². The number of carbonyl (C=O) groups is 1. The van der Waals surface area contributed by atoms with Gasteiger partial charge in [0.2, 0.25) is 0 Å². The molecule has 1 amide bonds. The highest BCUT2D eigenvalue weighted by Crippen LogP contribution is 2.24. The number of hydrogen-bond acceptors (Lipinski definition) is 2. The van der Waals surface area contributed by atoms with Crippen LogP contribution in [0.15, 0.2) is 40.2 Å². The highest BCUT2D eigenvalue weighted by molar-refractivity contribution is 9.10. The monoisotopic (exact) mass is 337 g/mol. The molecule has 1 aromatic carbocycles. The molecule has 1 atom stereocenters. The second kappa shape index (κ2) is 6.35. The van der Waals surface area contributed by atoms with Gasteiger partial charge in [0, 0.05) is 9.35 Å². The molecule has 4 heteroatoms. The van der Waals surface area contributed by atoms with Crippen LogP contribution in [0.2, 0.25) is 0 Å². The second-order valence-corrected chi connectivity index (χ2v) is 6.27. The Morgan fingerprint density at radius 1 is 1.42 bits per heavy atom. The standard InChI is InChI=1S/C15H16BrNOS/c1-3-13(14-5-4-8-19-14)17-15(18)11-9-10(2)6-7-12(11)16/h4-9,13H,3H2,1-2H3,(H,17,18). The van der Waals surface area contributed by atoms with Crippen LogP contribution in [-0.4, -0.2) is 5.91 Å². The largest absolute Gasteiger partial charge is 0.344 e. The lowest BCUT2D eigenvalue weighted by Gasteiger charge is -2.16. The van der Waals surface area contributed by atoms with Crippen LogP contribution in [0.5, 0.6) is 0 Å². The molecule has 1 heterocycles. The van der Waals surface area contributed by atoms with Gasteiger partial charge in [0.15, 0.2) is 0 Å². The molecule has 0 saturated carbocycles. The molecule has 1 N–H and O–H groups in total. The quantitative estimate of drug-likeness (QED) is 0.860. The zero-order valence-electron chi connectivity index (χ0n) is 10.9. The van der Waals surface area contributed by atoms with Crippen LogP contribution in [0, 0.1) is 6.92 Å². The fraction of sp³-hybridized carbons (Fsp3) is 0.267. The van der Waals surface area contributed by atoms with Crippen molar-refractivity contribution in [1.82, 2.24) is 5.32 Å². The summed E-state index contributed by atoms with van der Waals surface area (Å²) >= 11 is 5.11. The first-order valence-electron chi connectivity index (χ1n) is 6.22. The molecule has 0 aliphatic heterocycles. The minimum atomic E-state index is -0.0316. The van der Waals surface area contributed by atoms with Crippen molar-refractivity contribution in [1.29, 1.82) is 0 Å². The van der Waals surface area contributed by atoms with E-state index in [-0.39, 0.29) is 11.9 Å².